The van der Waals surface area contributed by atoms with Crippen molar-refractivity contribution in [2.75, 3.05) is 31.9 Å². The van der Waals surface area contributed by atoms with Crippen molar-refractivity contribution in [2.24, 2.45) is 0 Å². The van der Waals surface area contributed by atoms with Gasteiger partial charge in [-0.1, -0.05) is 28.0 Å². The van der Waals surface area contributed by atoms with E-state index in [0.717, 1.165) is 18.1 Å². The molecule has 2 amide bonds. The highest BCUT2D eigenvalue weighted by Gasteiger charge is 2.24. The third kappa shape index (κ3) is 5.38. The highest BCUT2D eigenvalue weighted by Crippen LogP contribution is 2.39. The monoisotopic (exact) mass is 379 g/mol. The van der Waals surface area contributed by atoms with Crippen LogP contribution >= 0.6 is 21.6 Å². The molecule has 0 aromatic carbocycles. The topological polar surface area (TPSA) is 53.5 Å². The van der Waals surface area contributed by atoms with Crippen molar-refractivity contribution in [1.82, 2.24) is 14.8 Å². The van der Waals surface area contributed by atoms with Crippen LogP contribution in [0.4, 0.5) is 0 Å². The number of nitrogens with zero attached hydrogens (tertiary/aromatic N) is 3. The number of rotatable bonds is 6. The number of amides is 2. The molecule has 1 unspecified atom stereocenters. The highest BCUT2D eigenvalue weighted by atomic mass is 33.1. The van der Waals surface area contributed by atoms with Crippen LogP contribution in [0.25, 0.3) is 0 Å². The maximum Gasteiger partial charge on any atom is 0.255 e. The predicted octanol–water partition coefficient (Wildman–Crippen LogP) is 3.08. The largest absolute Gasteiger partial charge is 0.339 e. The Labute approximate surface area is 157 Å². The minimum Gasteiger partial charge on any atom is -0.339 e. The van der Waals surface area contributed by atoms with Crippen molar-refractivity contribution < 1.29 is 9.59 Å². The third-order valence-electron chi connectivity index (χ3n) is 4.72. The molecule has 0 spiro atoms. The van der Waals surface area contributed by atoms with E-state index < -0.39 is 0 Å². The van der Waals surface area contributed by atoms with E-state index in [1.807, 2.05) is 31.4 Å². The van der Waals surface area contributed by atoms with E-state index in [9.17, 15) is 9.59 Å². The van der Waals surface area contributed by atoms with E-state index in [-0.39, 0.29) is 11.8 Å². The van der Waals surface area contributed by atoms with Gasteiger partial charge in [0, 0.05) is 56.0 Å². The van der Waals surface area contributed by atoms with Crippen LogP contribution in [-0.2, 0) is 4.79 Å². The van der Waals surface area contributed by atoms with E-state index in [2.05, 4.69) is 4.98 Å². The van der Waals surface area contributed by atoms with Gasteiger partial charge in [0.05, 0.1) is 5.56 Å². The number of unbranched alkanes of at least 4 members (excludes halogenated alkanes) is 1. The lowest BCUT2D eigenvalue weighted by Gasteiger charge is -2.34. The lowest BCUT2D eigenvalue weighted by Crippen LogP contribution is -2.50. The zero-order chi connectivity index (χ0) is 17.5. The van der Waals surface area contributed by atoms with Crippen LogP contribution in [-0.4, -0.2) is 63.8 Å². The van der Waals surface area contributed by atoms with Gasteiger partial charge in [0.15, 0.2) is 0 Å². The molecule has 3 rings (SSSR count). The number of aromatic nitrogens is 1. The molecule has 1 atom stereocenters. The van der Waals surface area contributed by atoms with Crippen LogP contribution in [0.3, 0.4) is 0 Å². The summed E-state index contributed by atoms with van der Waals surface area (Å²) in [4.78, 5) is 32.5. The van der Waals surface area contributed by atoms with E-state index in [4.69, 9.17) is 0 Å². The number of carbonyl (C=O) groups excluding carboxylic acids is 2. The molecule has 2 aliphatic rings. The Balaban J connectivity index is 1.35. The summed E-state index contributed by atoms with van der Waals surface area (Å²) in [6, 6.07) is 3.56. The number of hydrogen-bond acceptors (Lipinski definition) is 5. The van der Waals surface area contributed by atoms with Gasteiger partial charge in [-0.15, -0.1) is 0 Å². The summed E-state index contributed by atoms with van der Waals surface area (Å²) in [5.41, 5.74) is 0.616. The van der Waals surface area contributed by atoms with E-state index in [0.29, 0.717) is 38.2 Å². The lowest BCUT2D eigenvalue weighted by atomic mass is 10.1. The van der Waals surface area contributed by atoms with Gasteiger partial charge in [-0.2, -0.15) is 0 Å². The predicted molar refractivity (Wildman–Crippen MR) is 104 cm³/mol. The third-order valence-corrected chi connectivity index (χ3v) is 7.73. The average molecular weight is 380 g/mol. The van der Waals surface area contributed by atoms with Crippen LogP contribution in [0.1, 0.15) is 42.5 Å². The minimum absolute atomic E-state index is 0.00660. The normalized spacial score (nSPS) is 20.7. The van der Waals surface area contributed by atoms with Crippen LogP contribution < -0.4 is 0 Å². The minimum atomic E-state index is 0.00660. The Bertz CT molecular complexity index is 571. The first-order valence-corrected chi connectivity index (χ1v) is 11.4. The molecular weight excluding hydrogens is 354 g/mol. The summed E-state index contributed by atoms with van der Waals surface area (Å²) >= 11 is 0. The lowest BCUT2D eigenvalue weighted by molar-refractivity contribution is -0.132. The summed E-state index contributed by atoms with van der Waals surface area (Å²) in [7, 11) is 3.99. The second-order valence-corrected chi connectivity index (χ2v) is 9.28. The fourth-order valence-corrected chi connectivity index (χ4v) is 6.23. The van der Waals surface area contributed by atoms with Gasteiger partial charge in [-0.3, -0.25) is 14.6 Å². The van der Waals surface area contributed by atoms with Crippen molar-refractivity contribution in [3.63, 3.8) is 0 Å². The van der Waals surface area contributed by atoms with Crippen LogP contribution in [0.15, 0.2) is 24.5 Å². The quantitative estimate of drug-likeness (QED) is 0.562. The average Bonchev–Trinajstić information content (AvgIpc) is 3.19. The Hall–Kier alpha value is -1.21. The molecule has 2 aliphatic heterocycles. The standard InChI is InChI=1S/C18H25N3O2S2/c22-17(6-2-1-5-16-7-13-24-25-16)20-9-11-21(12-10-20)18(23)15-4-3-8-19-14-15/h3-4,8,14,16H,1-2,5-7,9-13H2. The maximum atomic E-state index is 12.4. The summed E-state index contributed by atoms with van der Waals surface area (Å²) in [5, 5.41) is 0.794. The number of hydrogen-bond donors (Lipinski definition) is 0. The van der Waals surface area contributed by atoms with Gasteiger partial charge in [0.25, 0.3) is 5.91 Å². The molecule has 136 valence electrons. The van der Waals surface area contributed by atoms with Gasteiger partial charge in [-0.05, 0) is 31.4 Å². The van der Waals surface area contributed by atoms with Crippen molar-refractivity contribution in [3.8, 4) is 0 Å². The Morgan fingerprint density at radius 2 is 1.96 bits per heavy atom. The van der Waals surface area contributed by atoms with Gasteiger partial charge in [-0.25, -0.2) is 0 Å². The van der Waals surface area contributed by atoms with Crippen molar-refractivity contribution >= 4 is 33.4 Å². The summed E-state index contributed by atoms with van der Waals surface area (Å²) in [6.45, 7) is 2.49. The van der Waals surface area contributed by atoms with Crippen molar-refractivity contribution in [1.29, 1.82) is 0 Å². The molecule has 0 N–H and O–H groups in total. The van der Waals surface area contributed by atoms with Crippen LogP contribution in [0, 0.1) is 0 Å². The molecule has 7 heteroatoms. The Kier molecular flexibility index (Phi) is 7.04. The first-order valence-electron chi connectivity index (χ1n) is 8.99. The van der Waals surface area contributed by atoms with E-state index >= 15 is 0 Å². The molecule has 5 nitrogen and oxygen atoms in total. The fourth-order valence-electron chi connectivity index (χ4n) is 3.20. The molecule has 3 heterocycles. The van der Waals surface area contributed by atoms with Gasteiger partial charge >= 0.3 is 0 Å². The molecule has 2 fully saturated rings. The SMILES string of the molecule is O=C(CCCCC1CCSS1)N1CCN(C(=O)c2cccnc2)CC1. The summed E-state index contributed by atoms with van der Waals surface area (Å²) < 4.78 is 0. The smallest absolute Gasteiger partial charge is 0.255 e. The van der Waals surface area contributed by atoms with Crippen molar-refractivity contribution in [2.45, 2.75) is 37.4 Å². The number of pyridine rings is 1. The number of piperazine rings is 1. The van der Waals surface area contributed by atoms with E-state index in [1.54, 1.807) is 24.5 Å². The molecule has 1 aromatic heterocycles. The Morgan fingerprint density at radius 1 is 1.16 bits per heavy atom. The second-order valence-electron chi connectivity index (χ2n) is 6.49. The highest BCUT2D eigenvalue weighted by molar-refractivity contribution is 8.77. The molecule has 1 aromatic rings. The summed E-state index contributed by atoms with van der Waals surface area (Å²) in [6.07, 6.45) is 8.58. The van der Waals surface area contributed by atoms with Gasteiger partial charge < -0.3 is 9.80 Å². The van der Waals surface area contributed by atoms with E-state index in [1.165, 1.54) is 18.6 Å². The van der Waals surface area contributed by atoms with Crippen molar-refractivity contribution in [3.05, 3.63) is 30.1 Å². The summed E-state index contributed by atoms with van der Waals surface area (Å²) in [5.74, 6) is 1.52. The zero-order valence-electron chi connectivity index (χ0n) is 14.4. The number of carbonyl (C=O) groups is 2. The first kappa shape index (κ1) is 18.6. The molecule has 2 saturated heterocycles. The molecular formula is C18H25N3O2S2. The molecule has 0 bridgehead atoms. The van der Waals surface area contributed by atoms with Crippen LogP contribution in [0.5, 0.6) is 0 Å². The molecule has 0 radical (unpaired) electrons. The Morgan fingerprint density at radius 3 is 2.64 bits per heavy atom. The second kappa shape index (κ2) is 9.48. The zero-order valence-corrected chi connectivity index (χ0v) is 16.1. The first-order chi connectivity index (χ1) is 12.2. The molecule has 0 aliphatic carbocycles. The maximum absolute atomic E-state index is 12.4. The molecule has 25 heavy (non-hydrogen) atoms. The fraction of sp³-hybridized carbons (Fsp3) is 0.611. The van der Waals surface area contributed by atoms with Gasteiger partial charge in [0.2, 0.25) is 5.91 Å². The van der Waals surface area contributed by atoms with Gasteiger partial charge in [0.1, 0.15) is 0 Å². The molecule has 0 saturated carbocycles. The van der Waals surface area contributed by atoms with Crippen LogP contribution in [0.2, 0.25) is 0 Å².